The van der Waals surface area contributed by atoms with Crippen LogP contribution in [0.1, 0.15) is 20.3 Å². The number of amides is 2. The highest BCUT2D eigenvalue weighted by atomic mass is 127. The molecule has 1 aromatic heterocycles. The number of rotatable bonds is 1. The van der Waals surface area contributed by atoms with E-state index in [-0.39, 0.29) is 18.2 Å². The fraction of sp³-hybridized carbons (Fsp3) is 0.364. The van der Waals surface area contributed by atoms with Gasteiger partial charge in [0.05, 0.1) is 5.41 Å². The van der Waals surface area contributed by atoms with Crippen LogP contribution < -0.4 is 4.90 Å². The van der Waals surface area contributed by atoms with Gasteiger partial charge in [0.25, 0.3) is 0 Å². The summed E-state index contributed by atoms with van der Waals surface area (Å²) >= 11 is 2.13. The molecule has 1 aliphatic heterocycles. The third kappa shape index (κ3) is 1.83. The van der Waals surface area contributed by atoms with E-state index in [2.05, 4.69) is 27.6 Å². The first kappa shape index (κ1) is 11.5. The second-order valence-electron chi connectivity index (χ2n) is 4.43. The maximum absolute atomic E-state index is 12.0. The summed E-state index contributed by atoms with van der Waals surface area (Å²) in [5, 5.41) is 0. The van der Waals surface area contributed by atoms with Crippen LogP contribution in [0.4, 0.5) is 5.82 Å². The summed E-state index contributed by atoms with van der Waals surface area (Å²) in [5.41, 5.74) is -0.609. The van der Waals surface area contributed by atoms with E-state index in [0.29, 0.717) is 5.82 Å². The number of imide groups is 1. The topological polar surface area (TPSA) is 50.3 Å². The zero-order valence-corrected chi connectivity index (χ0v) is 11.2. The smallest absolute Gasteiger partial charge is 0.241 e. The lowest BCUT2D eigenvalue weighted by Crippen LogP contribution is -2.33. The van der Waals surface area contributed by atoms with Crippen LogP contribution in [0, 0.1) is 8.99 Å². The maximum atomic E-state index is 12.0. The molecule has 0 saturated carbocycles. The Balaban J connectivity index is 2.39. The molecule has 0 radical (unpaired) electrons. The Morgan fingerprint density at radius 3 is 2.50 bits per heavy atom. The lowest BCUT2D eigenvalue weighted by Gasteiger charge is -2.16. The van der Waals surface area contributed by atoms with Gasteiger partial charge in [-0.2, -0.15) is 0 Å². The van der Waals surface area contributed by atoms with Crippen molar-refractivity contribution in [2.75, 3.05) is 4.90 Å². The Labute approximate surface area is 107 Å². The third-order valence-electron chi connectivity index (χ3n) is 2.57. The van der Waals surface area contributed by atoms with E-state index in [9.17, 15) is 9.59 Å². The van der Waals surface area contributed by atoms with E-state index >= 15 is 0 Å². The van der Waals surface area contributed by atoms with Crippen LogP contribution in [0.3, 0.4) is 0 Å². The molecule has 0 bridgehead atoms. The number of anilines is 1. The van der Waals surface area contributed by atoms with Crippen molar-refractivity contribution in [3.05, 3.63) is 21.9 Å². The molecule has 0 N–H and O–H groups in total. The first-order chi connectivity index (χ1) is 7.42. The van der Waals surface area contributed by atoms with Crippen molar-refractivity contribution in [2.45, 2.75) is 20.3 Å². The molecule has 0 aromatic carbocycles. The average Bonchev–Trinajstić information content (AvgIpc) is 2.39. The number of hydrogen-bond acceptors (Lipinski definition) is 3. The molecule has 2 amide bonds. The van der Waals surface area contributed by atoms with Crippen molar-refractivity contribution in [2.24, 2.45) is 5.41 Å². The van der Waals surface area contributed by atoms with Gasteiger partial charge in [0, 0.05) is 16.2 Å². The van der Waals surface area contributed by atoms with E-state index in [0.717, 1.165) is 3.57 Å². The quantitative estimate of drug-likeness (QED) is 0.584. The van der Waals surface area contributed by atoms with Gasteiger partial charge in [-0.1, -0.05) is 13.8 Å². The van der Waals surface area contributed by atoms with Crippen LogP contribution in [0.25, 0.3) is 0 Å². The van der Waals surface area contributed by atoms with Crippen LogP contribution in [0.2, 0.25) is 0 Å². The summed E-state index contributed by atoms with van der Waals surface area (Å²) in [6.07, 6.45) is 1.89. The molecule has 1 aromatic rings. The molecular weight excluding hydrogens is 319 g/mol. The Morgan fingerprint density at radius 1 is 1.38 bits per heavy atom. The molecule has 4 nitrogen and oxygen atoms in total. The molecule has 1 aliphatic rings. The zero-order chi connectivity index (χ0) is 11.9. The van der Waals surface area contributed by atoms with Gasteiger partial charge in [-0.25, -0.2) is 9.88 Å². The lowest BCUT2D eigenvalue weighted by molar-refractivity contribution is -0.124. The first-order valence-corrected chi connectivity index (χ1v) is 5.99. The van der Waals surface area contributed by atoms with Crippen LogP contribution in [-0.4, -0.2) is 16.8 Å². The number of nitrogens with zero attached hydrogens (tertiary/aromatic N) is 2. The second-order valence-corrected chi connectivity index (χ2v) is 5.68. The van der Waals surface area contributed by atoms with Gasteiger partial charge in [0.1, 0.15) is 5.82 Å². The second kappa shape index (κ2) is 3.80. The molecular formula is C11H11IN2O2. The van der Waals surface area contributed by atoms with Crippen molar-refractivity contribution < 1.29 is 9.59 Å². The van der Waals surface area contributed by atoms with Crippen molar-refractivity contribution in [1.29, 1.82) is 0 Å². The van der Waals surface area contributed by atoms with Gasteiger partial charge >= 0.3 is 0 Å². The lowest BCUT2D eigenvalue weighted by atomic mass is 9.92. The summed E-state index contributed by atoms with van der Waals surface area (Å²) in [6, 6.07) is 3.52. The summed E-state index contributed by atoms with van der Waals surface area (Å²) in [4.78, 5) is 29.0. The molecule has 16 heavy (non-hydrogen) atoms. The molecule has 5 heteroatoms. The number of halogens is 1. The van der Waals surface area contributed by atoms with E-state index < -0.39 is 5.41 Å². The third-order valence-corrected chi connectivity index (χ3v) is 3.20. The molecule has 1 saturated heterocycles. The standard InChI is InChI=1S/C11H11IN2O2/c1-11(2)5-9(15)14(10(11)16)8-4-3-7(12)6-13-8/h3-4,6H,5H2,1-2H3. The highest BCUT2D eigenvalue weighted by Gasteiger charge is 2.45. The summed E-state index contributed by atoms with van der Waals surface area (Å²) in [5.74, 6) is 0.0657. The monoisotopic (exact) mass is 330 g/mol. The Kier molecular flexibility index (Phi) is 2.73. The van der Waals surface area contributed by atoms with Crippen molar-refractivity contribution in [3.8, 4) is 0 Å². The minimum Gasteiger partial charge on any atom is -0.274 e. The fourth-order valence-electron chi connectivity index (χ4n) is 1.68. The van der Waals surface area contributed by atoms with Crippen molar-refractivity contribution in [3.63, 3.8) is 0 Å². The largest absolute Gasteiger partial charge is 0.274 e. The number of carbonyl (C=O) groups excluding carboxylic acids is 2. The van der Waals surface area contributed by atoms with Gasteiger partial charge in [-0.15, -0.1) is 0 Å². The number of hydrogen-bond donors (Lipinski definition) is 0. The van der Waals surface area contributed by atoms with Crippen molar-refractivity contribution >= 4 is 40.2 Å². The van der Waals surface area contributed by atoms with E-state index in [4.69, 9.17) is 0 Å². The predicted octanol–water partition coefficient (Wildman–Crippen LogP) is 1.98. The molecule has 0 spiro atoms. The van der Waals surface area contributed by atoms with Crippen LogP contribution >= 0.6 is 22.6 Å². The maximum Gasteiger partial charge on any atom is 0.241 e. The average molecular weight is 330 g/mol. The van der Waals surface area contributed by atoms with Gasteiger partial charge in [0.15, 0.2) is 0 Å². The SMILES string of the molecule is CC1(C)CC(=O)N(c2ccc(I)cn2)C1=O. The molecule has 0 aliphatic carbocycles. The van der Waals surface area contributed by atoms with Crippen molar-refractivity contribution in [1.82, 2.24) is 4.98 Å². The van der Waals surface area contributed by atoms with E-state index in [1.54, 1.807) is 26.1 Å². The summed E-state index contributed by atoms with van der Waals surface area (Å²) < 4.78 is 0.972. The molecule has 2 heterocycles. The van der Waals surface area contributed by atoms with E-state index in [1.165, 1.54) is 4.90 Å². The van der Waals surface area contributed by atoms with Gasteiger partial charge in [-0.3, -0.25) is 9.59 Å². The Hall–Kier alpha value is -0.980. The Bertz CT molecular complexity index is 454. The zero-order valence-electron chi connectivity index (χ0n) is 9.03. The Morgan fingerprint density at radius 2 is 2.06 bits per heavy atom. The molecule has 0 unspecified atom stereocenters. The fourth-order valence-corrected chi connectivity index (χ4v) is 2.00. The molecule has 1 fully saturated rings. The molecule has 0 atom stereocenters. The predicted molar refractivity (Wildman–Crippen MR) is 67.8 cm³/mol. The van der Waals surface area contributed by atoms with Gasteiger partial charge in [0.2, 0.25) is 11.8 Å². The normalized spacial score (nSPS) is 19.3. The van der Waals surface area contributed by atoms with Crippen LogP contribution in [0.5, 0.6) is 0 Å². The number of pyridine rings is 1. The minimum atomic E-state index is -0.609. The van der Waals surface area contributed by atoms with Gasteiger partial charge in [-0.05, 0) is 34.7 Å². The van der Waals surface area contributed by atoms with Crippen LogP contribution in [-0.2, 0) is 9.59 Å². The first-order valence-electron chi connectivity index (χ1n) is 4.91. The number of carbonyl (C=O) groups is 2. The van der Waals surface area contributed by atoms with Crippen LogP contribution in [0.15, 0.2) is 18.3 Å². The molecule has 2 rings (SSSR count). The minimum absolute atomic E-state index is 0.175. The van der Waals surface area contributed by atoms with E-state index in [1.807, 2.05) is 6.07 Å². The summed E-state index contributed by atoms with van der Waals surface area (Å²) in [7, 11) is 0. The van der Waals surface area contributed by atoms with Gasteiger partial charge < -0.3 is 0 Å². The molecule has 84 valence electrons. The number of aromatic nitrogens is 1. The summed E-state index contributed by atoms with van der Waals surface area (Å²) in [6.45, 7) is 3.56. The highest BCUT2D eigenvalue weighted by molar-refractivity contribution is 14.1. The highest BCUT2D eigenvalue weighted by Crippen LogP contribution is 2.34.